The summed E-state index contributed by atoms with van der Waals surface area (Å²) >= 11 is 0. The van der Waals surface area contributed by atoms with E-state index in [4.69, 9.17) is 0 Å². The molecule has 1 aliphatic heterocycles. The zero-order chi connectivity index (χ0) is 17.3. The molecule has 24 heavy (non-hydrogen) atoms. The van der Waals surface area contributed by atoms with E-state index >= 15 is 0 Å². The average molecular weight is 345 g/mol. The topological polar surface area (TPSA) is 54.5 Å². The monoisotopic (exact) mass is 345 g/mol. The van der Waals surface area contributed by atoms with Crippen molar-refractivity contribution in [2.75, 3.05) is 10.7 Å². The molecule has 0 spiro atoms. The Balaban J connectivity index is 2.01. The standard InChI is InChI=1S/C18H16FNO3S/c1-13-2-8-16(9-3-13)20(17-10-11-24(22,23)12-17)18(21)14-4-6-15(19)7-5-14/h2-11,17H,12H2,1H3/t17-/m0/s1. The van der Waals surface area contributed by atoms with Crippen molar-refractivity contribution in [1.82, 2.24) is 0 Å². The van der Waals surface area contributed by atoms with E-state index in [-0.39, 0.29) is 11.7 Å². The summed E-state index contributed by atoms with van der Waals surface area (Å²) in [6.45, 7) is 1.93. The summed E-state index contributed by atoms with van der Waals surface area (Å²) in [6, 6.07) is 11.9. The maximum Gasteiger partial charge on any atom is 0.258 e. The molecule has 0 unspecified atom stereocenters. The summed E-state index contributed by atoms with van der Waals surface area (Å²) < 4.78 is 36.6. The van der Waals surface area contributed by atoms with Crippen LogP contribution in [-0.2, 0) is 9.84 Å². The quantitative estimate of drug-likeness (QED) is 0.859. The summed E-state index contributed by atoms with van der Waals surface area (Å²) in [5.41, 5.74) is 1.93. The summed E-state index contributed by atoms with van der Waals surface area (Å²) in [7, 11) is -3.31. The van der Waals surface area contributed by atoms with Crippen molar-refractivity contribution in [1.29, 1.82) is 0 Å². The molecular formula is C18H16FNO3S. The van der Waals surface area contributed by atoms with E-state index < -0.39 is 21.7 Å². The maximum atomic E-state index is 13.1. The molecule has 0 aliphatic carbocycles. The fourth-order valence-electron chi connectivity index (χ4n) is 2.62. The molecule has 1 heterocycles. The molecule has 3 rings (SSSR count). The van der Waals surface area contributed by atoms with E-state index in [0.717, 1.165) is 11.0 Å². The van der Waals surface area contributed by atoms with Crippen LogP contribution in [0.3, 0.4) is 0 Å². The molecule has 2 aromatic rings. The van der Waals surface area contributed by atoms with Crippen molar-refractivity contribution in [3.05, 3.63) is 77.0 Å². The highest BCUT2D eigenvalue weighted by molar-refractivity contribution is 7.94. The molecule has 0 fully saturated rings. The van der Waals surface area contributed by atoms with Crippen LogP contribution in [0.5, 0.6) is 0 Å². The highest BCUT2D eigenvalue weighted by atomic mass is 32.2. The van der Waals surface area contributed by atoms with E-state index in [0.29, 0.717) is 11.3 Å². The smallest absolute Gasteiger partial charge is 0.258 e. The molecule has 0 N–H and O–H groups in total. The van der Waals surface area contributed by atoms with Crippen LogP contribution in [-0.4, -0.2) is 26.1 Å². The average Bonchev–Trinajstić information content (AvgIpc) is 2.90. The van der Waals surface area contributed by atoms with Gasteiger partial charge in [0.2, 0.25) is 0 Å². The first-order valence-corrected chi connectivity index (χ1v) is 9.14. The highest BCUT2D eigenvalue weighted by Crippen LogP contribution is 2.25. The first-order valence-electron chi connectivity index (χ1n) is 7.42. The number of amides is 1. The number of nitrogens with zero attached hydrogens (tertiary/aromatic N) is 1. The van der Waals surface area contributed by atoms with Crippen molar-refractivity contribution in [3.63, 3.8) is 0 Å². The van der Waals surface area contributed by atoms with Gasteiger partial charge >= 0.3 is 0 Å². The largest absolute Gasteiger partial charge is 0.300 e. The fraction of sp³-hybridized carbons (Fsp3) is 0.167. The third kappa shape index (κ3) is 3.38. The van der Waals surface area contributed by atoms with Crippen LogP contribution in [0.25, 0.3) is 0 Å². The number of sulfone groups is 1. The van der Waals surface area contributed by atoms with Gasteiger partial charge in [-0.25, -0.2) is 12.8 Å². The number of hydrogen-bond acceptors (Lipinski definition) is 3. The molecule has 0 radical (unpaired) electrons. The second kappa shape index (κ2) is 6.20. The molecule has 6 heteroatoms. The van der Waals surface area contributed by atoms with Gasteiger partial charge in [-0.2, -0.15) is 0 Å². The first-order chi connectivity index (χ1) is 11.4. The molecule has 0 bridgehead atoms. The SMILES string of the molecule is Cc1ccc(N(C(=O)c2ccc(F)cc2)[C@H]2C=CS(=O)(=O)C2)cc1. The van der Waals surface area contributed by atoms with Gasteiger partial charge < -0.3 is 4.90 Å². The lowest BCUT2D eigenvalue weighted by atomic mass is 10.1. The Morgan fingerprint density at radius 1 is 1.08 bits per heavy atom. The van der Waals surface area contributed by atoms with E-state index in [1.807, 2.05) is 19.1 Å². The number of aryl methyl sites for hydroxylation is 1. The lowest BCUT2D eigenvalue weighted by Crippen LogP contribution is -2.41. The Bertz CT molecular complexity index is 887. The van der Waals surface area contributed by atoms with Crippen molar-refractivity contribution in [3.8, 4) is 0 Å². The molecule has 0 saturated carbocycles. The number of carbonyl (C=O) groups excluding carboxylic acids is 1. The minimum Gasteiger partial charge on any atom is -0.300 e. The van der Waals surface area contributed by atoms with Crippen molar-refractivity contribution < 1.29 is 17.6 Å². The fourth-order valence-corrected chi connectivity index (χ4v) is 3.88. The lowest BCUT2D eigenvalue weighted by molar-refractivity contribution is 0.0983. The molecule has 0 aromatic heterocycles. The number of anilines is 1. The molecule has 0 saturated heterocycles. The summed E-state index contributed by atoms with van der Waals surface area (Å²) in [4.78, 5) is 14.4. The van der Waals surface area contributed by atoms with Gasteiger partial charge in [0.25, 0.3) is 5.91 Å². The van der Waals surface area contributed by atoms with Crippen molar-refractivity contribution in [2.45, 2.75) is 13.0 Å². The lowest BCUT2D eigenvalue weighted by Gasteiger charge is -2.28. The molecular weight excluding hydrogens is 329 g/mol. The molecule has 4 nitrogen and oxygen atoms in total. The number of carbonyl (C=O) groups is 1. The van der Waals surface area contributed by atoms with Gasteiger partial charge in [0, 0.05) is 16.7 Å². The number of halogens is 1. The first kappa shape index (κ1) is 16.4. The van der Waals surface area contributed by atoms with Crippen LogP contribution in [0.15, 0.2) is 60.0 Å². The van der Waals surface area contributed by atoms with Gasteiger partial charge in [0.1, 0.15) is 5.82 Å². The molecule has 1 atom stereocenters. The molecule has 1 amide bonds. The number of benzene rings is 2. The van der Waals surface area contributed by atoms with Crippen molar-refractivity contribution >= 4 is 21.4 Å². The predicted molar refractivity (Wildman–Crippen MR) is 91.1 cm³/mol. The van der Waals surface area contributed by atoms with Crippen LogP contribution < -0.4 is 4.90 Å². The van der Waals surface area contributed by atoms with Gasteiger partial charge in [0.05, 0.1) is 11.8 Å². The third-order valence-corrected chi connectivity index (χ3v) is 5.24. The predicted octanol–water partition coefficient (Wildman–Crippen LogP) is 3.09. The minimum absolute atomic E-state index is 0.159. The summed E-state index contributed by atoms with van der Waals surface area (Å²) in [5, 5.41) is 1.14. The van der Waals surface area contributed by atoms with Gasteiger partial charge in [-0.3, -0.25) is 4.79 Å². The zero-order valence-corrected chi connectivity index (χ0v) is 13.8. The van der Waals surface area contributed by atoms with E-state index in [2.05, 4.69) is 0 Å². The Labute approximate surface area is 140 Å². The van der Waals surface area contributed by atoms with Crippen LogP contribution in [0.4, 0.5) is 10.1 Å². The van der Waals surface area contributed by atoms with E-state index in [1.165, 1.54) is 35.2 Å². The number of rotatable bonds is 3. The highest BCUT2D eigenvalue weighted by Gasteiger charge is 2.31. The Kier molecular flexibility index (Phi) is 4.24. The Morgan fingerprint density at radius 3 is 2.25 bits per heavy atom. The van der Waals surface area contributed by atoms with Crippen LogP contribution in [0, 0.1) is 12.7 Å². The maximum absolute atomic E-state index is 13.1. The van der Waals surface area contributed by atoms with Crippen LogP contribution in [0.1, 0.15) is 15.9 Å². The van der Waals surface area contributed by atoms with Crippen LogP contribution in [0.2, 0.25) is 0 Å². The zero-order valence-electron chi connectivity index (χ0n) is 13.0. The van der Waals surface area contributed by atoms with Gasteiger partial charge in [0.15, 0.2) is 9.84 Å². The van der Waals surface area contributed by atoms with Gasteiger partial charge in [-0.15, -0.1) is 0 Å². The normalized spacial score (nSPS) is 18.5. The Hall–Kier alpha value is -2.47. The van der Waals surface area contributed by atoms with Gasteiger partial charge in [-0.05, 0) is 49.4 Å². The minimum atomic E-state index is -3.31. The third-order valence-electron chi connectivity index (χ3n) is 3.86. The summed E-state index contributed by atoms with van der Waals surface area (Å²) in [6.07, 6.45) is 1.51. The molecule has 124 valence electrons. The van der Waals surface area contributed by atoms with Gasteiger partial charge in [-0.1, -0.05) is 17.7 Å². The van der Waals surface area contributed by atoms with E-state index in [9.17, 15) is 17.6 Å². The van der Waals surface area contributed by atoms with Crippen molar-refractivity contribution in [2.24, 2.45) is 0 Å². The molecule has 2 aromatic carbocycles. The van der Waals surface area contributed by atoms with Crippen LogP contribution >= 0.6 is 0 Å². The van der Waals surface area contributed by atoms with E-state index in [1.54, 1.807) is 12.1 Å². The summed E-state index contributed by atoms with van der Waals surface area (Å²) in [5.74, 6) is -0.962. The second-order valence-corrected chi connectivity index (χ2v) is 7.67. The molecule has 1 aliphatic rings. The Morgan fingerprint density at radius 2 is 1.71 bits per heavy atom. The number of hydrogen-bond donors (Lipinski definition) is 0. The second-order valence-electron chi connectivity index (χ2n) is 5.74.